The van der Waals surface area contributed by atoms with Crippen LogP contribution in [0.25, 0.3) is 10.4 Å². The van der Waals surface area contributed by atoms with E-state index in [1.807, 2.05) is 18.3 Å². The van der Waals surface area contributed by atoms with Crippen molar-refractivity contribution in [1.29, 1.82) is 0 Å². The molecule has 0 unspecified atom stereocenters. The Morgan fingerprint density at radius 1 is 1.04 bits per heavy atom. The molecule has 0 aliphatic rings. The lowest BCUT2D eigenvalue weighted by molar-refractivity contribution is 0.684. The number of nitrogens with zero attached hydrogens (tertiary/aromatic N) is 1. The Morgan fingerprint density at radius 3 is 2.52 bits per heavy atom. The smallest absolute Gasteiger partial charge is 0.107 e. The van der Waals surface area contributed by atoms with E-state index in [4.69, 9.17) is 11.6 Å². The maximum Gasteiger partial charge on any atom is 0.107 e. The maximum atomic E-state index is 5.89. The van der Waals surface area contributed by atoms with Crippen LogP contribution in [0.2, 0.25) is 5.02 Å². The van der Waals surface area contributed by atoms with Gasteiger partial charge in [0.1, 0.15) is 5.01 Å². The van der Waals surface area contributed by atoms with Crippen LogP contribution in [-0.4, -0.2) is 11.5 Å². The number of rotatable bonds is 6. The van der Waals surface area contributed by atoms with Gasteiger partial charge in [0.2, 0.25) is 0 Å². The zero-order valence-corrected chi connectivity index (χ0v) is 15.6. The molecule has 3 aromatic rings. The Hall–Kier alpha value is -1.20. The molecule has 1 N–H and O–H groups in total. The summed E-state index contributed by atoms with van der Waals surface area (Å²) in [5.41, 5.74) is 2.50. The van der Waals surface area contributed by atoms with Crippen LogP contribution < -0.4 is 5.32 Å². The lowest BCUT2D eigenvalue weighted by Gasteiger charge is -2.03. The molecule has 0 fully saturated rings. The van der Waals surface area contributed by atoms with Crippen molar-refractivity contribution in [3.8, 4) is 10.4 Å². The molecule has 5 heteroatoms. The number of hydrogen-bond acceptors (Lipinski definition) is 3. The molecule has 0 atom stereocenters. The lowest BCUT2D eigenvalue weighted by Crippen LogP contribution is -2.16. The predicted octanol–water partition coefficient (Wildman–Crippen LogP) is 5.56. The van der Waals surface area contributed by atoms with Gasteiger partial charge in [0.25, 0.3) is 0 Å². The molecule has 3 rings (SSSR count). The standard InChI is InChI=1S/C18H16BrClN2S/c19-15-5-3-14(4-6-15)17-11-22-18(23-17)12-21-10-9-13-1-7-16(20)8-2-13/h1-8,11,21H,9-10,12H2. The quantitative estimate of drug-likeness (QED) is 0.541. The monoisotopic (exact) mass is 406 g/mol. The first-order valence-corrected chi connectivity index (χ1v) is 9.35. The number of aromatic nitrogens is 1. The highest BCUT2D eigenvalue weighted by Crippen LogP contribution is 2.27. The topological polar surface area (TPSA) is 24.9 Å². The molecular formula is C18H16BrClN2S. The van der Waals surface area contributed by atoms with Crippen LogP contribution in [0.4, 0.5) is 0 Å². The maximum absolute atomic E-state index is 5.89. The zero-order valence-electron chi connectivity index (χ0n) is 12.4. The molecule has 0 radical (unpaired) electrons. The number of halogens is 2. The molecule has 2 aromatic carbocycles. The fourth-order valence-electron chi connectivity index (χ4n) is 2.22. The van der Waals surface area contributed by atoms with E-state index in [1.165, 1.54) is 16.0 Å². The van der Waals surface area contributed by atoms with E-state index in [0.29, 0.717) is 0 Å². The highest BCUT2D eigenvalue weighted by Gasteiger charge is 2.04. The minimum Gasteiger partial charge on any atom is -0.310 e. The normalized spacial score (nSPS) is 10.9. The highest BCUT2D eigenvalue weighted by molar-refractivity contribution is 9.10. The fraction of sp³-hybridized carbons (Fsp3) is 0.167. The van der Waals surface area contributed by atoms with Crippen LogP contribution in [0, 0.1) is 0 Å². The van der Waals surface area contributed by atoms with E-state index in [9.17, 15) is 0 Å². The Morgan fingerprint density at radius 2 is 1.78 bits per heavy atom. The number of thiazole rings is 1. The molecule has 0 spiro atoms. The Bertz CT molecular complexity index is 753. The molecule has 0 bridgehead atoms. The van der Waals surface area contributed by atoms with Gasteiger partial charge in [-0.15, -0.1) is 11.3 Å². The van der Waals surface area contributed by atoms with Crippen LogP contribution in [-0.2, 0) is 13.0 Å². The van der Waals surface area contributed by atoms with E-state index in [0.717, 1.165) is 34.0 Å². The lowest BCUT2D eigenvalue weighted by atomic mass is 10.1. The number of nitrogens with one attached hydrogen (secondary N) is 1. The number of benzene rings is 2. The van der Waals surface area contributed by atoms with Crippen LogP contribution in [0.15, 0.2) is 59.2 Å². The van der Waals surface area contributed by atoms with Crippen molar-refractivity contribution in [2.24, 2.45) is 0 Å². The predicted molar refractivity (Wildman–Crippen MR) is 102 cm³/mol. The second-order valence-corrected chi connectivity index (χ2v) is 7.65. The van der Waals surface area contributed by atoms with E-state index >= 15 is 0 Å². The van der Waals surface area contributed by atoms with Crippen LogP contribution >= 0.6 is 38.9 Å². The van der Waals surface area contributed by atoms with Gasteiger partial charge in [0.15, 0.2) is 0 Å². The van der Waals surface area contributed by atoms with Gasteiger partial charge in [-0.05, 0) is 48.4 Å². The van der Waals surface area contributed by atoms with Crippen molar-refractivity contribution < 1.29 is 0 Å². The van der Waals surface area contributed by atoms with Gasteiger partial charge in [-0.1, -0.05) is 51.8 Å². The van der Waals surface area contributed by atoms with Crippen LogP contribution in [0.5, 0.6) is 0 Å². The fourth-order valence-corrected chi connectivity index (χ4v) is 3.50. The summed E-state index contributed by atoms with van der Waals surface area (Å²) in [6, 6.07) is 16.3. The van der Waals surface area contributed by atoms with Gasteiger partial charge in [-0.25, -0.2) is 4.98 Å². The first-order valence-electron chi connectivity index (χ1n) is 7.36. The Labute approximate surface area is 153 Å². The minimum absolute atomic E-state index is 0.782. The largest absolute Gasteiger partial charge is 0.310 e. The Kier molecular flexibility index (Phi) is 5.84. The van der Waals surface area contributed by atoms with E-state index in [1.54, 1.807) is 11.3 Å². The molecule has 1 heterocycles. The first-order chi connectivity index (χ1) is 11.2. The van der Waals surface area contributed by atoms with Crippen LogP contribution in [0.1, 0.15) is 10.6 Å². The molecule has 0 aliphatic carbocycles. The van der Waals surface area contributed by atoms with Gasteiger partial charge in [0, 0.05) is 22.2 Å². The summed E-state index contributed by atoms with van der Waals surface area (Å²) >= 11 is 11.1. The molecule has 0 saturated heterocycles. The summed E-state index contributed by atoms with van der Waals surface area (Å²) in [7, 11) is 0. The van der Waals surface area contributed by atoms with Crippen molar-refractivity contribution in [2.75, 3.05) is 6.54 Å². The van der Waals surface area contributed by atoms with Gasteiger partial charge in [-0.2, -0.15) is 0 Å². The van der Waals surface area contributed by atoms with Crippen molar-refractivity contribution >= 4 is 38.9 Å². The minimum atomic E-state index is 0.782. The molecule has 118 valence electrons. The second-order valence-electron chi connectivity index (χ2n) is 5.18. The molecular weight excluding hydrogens is 392 g/mol. The molecule has 23 heavy (non-hydrogen) atoms. The third-order valence-electron chi connectivity index (χ3n) is 3.46. The van der Waals surface area contributed by atoms with Crippen LogP contribution in [0.3, 0.4) is 0 Å². The summed E-state index contributed by atoms with van der Waals surface area (Å²) < 4.78 is 1.09. The first kappa shape index (κ1) is 16.7. The molecule has 0 amide bonds. The van der Waals surface area contributed by atoms with E-state index in [-0.39, 0.29) is 0 Å². The molecule has 1 aromatic heterocycles. The van der Waals surface area contributed by atoms with Crippen molar-refractivity contribution in [3.63, 3.8) is 0 Å². The summed E-state index contributed by atoms with van der Waals surface area (Å²) in [6.07, 6.45) is 2.94. The summed E-state index contributed by atoms with van der Waals surface area (Å²) in [5, 5.41) is 5.34. The second kappa shape index (κ2) is 8.06. The van der Waals surface area contributed by atoms with Gasteiger partial charge in [-0.3, -0.25) is 0 Å². The zero-order chi connectivity index (χ0) is 16.1. The van der Waals surface area contributed by atoms with Crippen molar-refractivity contribution in [3.05, 3.63) is 74.8 Å². The average Bonchev–Trinajstić information content (AvgIpc) is 3.03. The van der Waals surface area contributed by atoms with Gasteiger partial charge in [0.05, 0.1) is 4.88 Å². The van der Waals surface area contributed by atoms with Crippen molar-refractivity contribution in [1.82, 2.24) is 10.3 Å². The highest BCUT2D eigenvalue weighted by atomic mass is 79.9. The van der Waals surface area contributed by atoms with Crippen molar-refractivity contribution in [2.45, 2.75) is 13.0 Å². The Balaban J connectivity index is 1.49. The van der Waals surface area contributed by atoms with E-state index < -0.39 is 0 Å². The SMILES string of the molecule is Clc1ccc(CCNCc2ncc(-c3ccc(Br)cc3)s2)cc1. The third kappa shape index (κ3) is 4.88. The number of hydrogen-bond donors (Lipinski definition) is 1. The summed E-state index contributed by atoms with van der Waals surface area (Å²) in [5.74, 6) is 0. The van der Waals surface area contributed by atoms with Gasteiger partial charge < -0.3 is 5.32 Å². The summed E-state index contributed by atoms with van der Waals surface area (Å²) in [6.45, 7) is 1.73. The summed E-state index contributed by atoms with van der Waals surface area (Å²) in [4.78, 5) is 5.70. The molecule has 2 nitrogen and oxygen atoms in total. The average molecular weight is 408 g/mol. The van der Waals surface area contributed by atoms with Gasteiger partial charge >= 0.3 is 0 Å². The third-order valence-corrected chi connectivity index (χ3v) is 5.29. The molecule has 0 saturated carbocycles. The molecule has 0 aliphatic heterocycles. The van der Waals surface area contributed by atoms with E-state index in [2.05, 4.69) is 62.6 Å².